The Bertz CT molecular complexity index is 864. The number of likely N-dealkylation sites (N-methyl/N-ethyl adjacent to an activating group) is 1. The summed E-state index contributed by atoms with van der Waals surface area (Å²) in [5.41, 5.74) is 0.132. The van der Waals surface area contributed by atoms with Crippen LogP contribution in [0.5, 0.6) is 0 Å². The van der Waals surface area contributed by atoms with Gasteiger partial charge in [-0.1, -0.05) is 12.1 Å². The minimum Gasteiger partial charge on any atom is -0.320 e. The number of quaternary nitrogens is 1. The first-order valence-electron chi connectivity index (χ1n) is 8.01. The molecule has 0 saturated heterocycles. The largest absolute Gasteiger partial charge is 0.320 e. The molecular weight excluding hydrogens is 427 g/mol. The number of amides is 2. The van der Waals surface area contributed by atoms with Crippen LogP contribution in [0.25, 0.3) is 0 Å². The molecule has 2 atom stereocenters. The van der Waals surface area contributed by atoms with Gasteiger partial charge in [-0.05, 0) is 47.1 Å². The molecule has 1 unspecified atom stereocenters. The zero-order valence-corrected chi connectivity index (χ0v) is 16.2. The first-order chi connectivity index (χ1) is 12.7. The van der Waals surface area contributed by atoms with E-state index in [9.17, 15) is 22.8 Å². The van der Waals surface area contributed by atoms with Crippen molar-refractivity contribution in [3.8, 4) is 0 Å². The zero-order valence-electron chi connectivity index (χ0n) is 14.6. The van der Waals surface area contributed by atoms with E-state index in [0.29, 0.717) is 10.6 Å². The van der Waals surface area contributed by atoms with E-state index in [1.807, 2.05) is 0 Å². The summed E-state index contributed by atoms with van der Waals surface area (Å²) in [5.74, 6) is -5.43. The Morgan fingerprint density at radius 1 is 1.04 bits per heavy atom. The fraction of sp³-hybridized carbons (Fsp3) is 0.222. The van der Waals surface area contributed by atoms with Gasteiger partial charge in [0.05, 0.1) is 18.4 Å². The van der Waals surface area contributed by atoms with Crippen molar-refractivity contribution in [2.45, 2.75) is 13.0 Å². The predicted molar refractivity (Wildman–Crippen MR) is 98.9 cm³/mol. The van der Waals surface area contributed by atoms with E-state index in [0.717, 1.165) is 16.6 Å². The lowest BCUT2D eigenvalue weighted by molar-refractivity contribution is -0.885. The van der Waals surface area contributed by atoms with Crippen molar-refractivity contribution >= 4 is 39.1 Å². The van der Waals surface area contributed by atoms with Gasteiger partial charge in [-0.2, -0.15) is 0 Å². The Morgan fingerprint density at radius 3 is 2.37 bits per heavy atom. The second-order valence-corrected chi connectivity index (χ2v) is 6.84. The molecule has 2 rings (SSSR count). The van der Waals surface area contributed by atoms with Gasteiger partial charge in [0.1, 0.15) is 0 Å². The molecule has 27 heavy (non-hydrogen) atoms. The van der Waals surface area contributed by atoms with Gasteiger partial charge in [0, 0.05) is 4.47 Å². The van der Waals surface area contributed by atoms with Crippen LogP contribution in [0.15, 0.2) is 40.9 Å². The van der Waals surface area contributed by atoms with Gasteiger partial charge in [-0.25, -0.2) is 13.2 Å². The molecule has 3 N–H and O–H groups in total. The van der Waals surface area contributed by atoms with Crippen LogP contribution in [0.3, 0.4) is 0 Å². The van der Waals surface area contributed by atoms with E-state index in [1.54, 1.807) is 31.3 Å². The first-order valence-corrected chi connectivity index (χ1v) is 8.81. The summed E-state index contributed by atoms with van der Waals surface area (Å²) in [4.78, 5) is 24.9. The Morgan fingerprint density at radius 2 is 1.70 bits per heavy atom. The van der Waals surface area contributed by atoms with Crippen LogP contribution < -0.4 is 15.5 Å². The monoisotopic (exact) mass is 444 g/mol. The first kappa shape index (κ1) is 20.9. The summed E-state index contributed by atoms with van der Waals surface area (Å²) in [6, 6.07) is 7.98. The van der Waals surface area contributed by atoms with Crippen LogP contribution in [-0.4, -0.2) is 31.4 Å². The number of carbonyl (C=O) groups is 2. The van der Waals surface area contributed by atoms with Crippen LogP contribution in [0.2, 0.25) is 0 Å². The maximum Gasteiger partial charge on any atom is 0.282 e. The smallest absolute Gasteiger partial charge is 0.282 e. The van der Waals surface area contributed by atoms with Gasteiger partial charge in [0.2, 0.25) is 0 Å². The van der Waals surface area contributed by atoms with Crippen molar-refractivity contribution < 1.29 is 27.7 Å². The minimum atomic E-state index is -1.66. The topological polar surface area (TPSA) is 62.6 Å². The Kier molecular flexibility index (Phi) is 6.98. The zero-order chi connectivity index (χ0) is 20.1. The minimum absolute atomic E-state index is 0.0316. The van der Waals surface area contributed by atoms with Crippen molar-refractivity contribution in [2.75, 3.05) is 24.2 Å². The Hall–Kier alpha value is -2.39. The van der Waals surface area contributed by atoms with E-state index in [2.05, 4.69) is 26.6 Å². The normalized spacial score (nSPS) is 13.0. The van der Waals surface area contributed by atoms with E-state index < -0.39 is 35.1 Å². The van der Waals surface area contributed by atoms with Gasteiger partial charge in [-0.3, -0.25) is 9.59 Å². The van der Waals surface area contributed by atoms with Crippen LogP contribution in [0.4, 0.5) is 24.5 Å². The van der Waals surface area contributed by atoms with Gasteiger partial charge >= 0.3 is 0 Å². The fourth-order valence-electron chi connectivity index (χ4n) is 2.25. The third-order valence-corrected chi connectivity index (χ3v) is 4.70. The lowest BCUT2D eigenvalue weighted by Crippen LogP contribution is -3.14. The number of carbonyl (C=O) groups excluding carboxylic acids is 2. The SMILES string of the molecule is C[C@@H](C(=O)Nc1ccc(F)c(F)c1F)[NH+](C)CC(=O)Nc1ccccc1Br. The second-order valence-electron chi connectivity index (χ2n) is 5.99. The number of halogens is 4. The average molecular weight is 445 g/mol. The maximum absolute atomic E-state index is 13.7. The lowest BCUT2D eigenvalue weighted by Gasteiger charge is -2.21. The summed E-state index contributed by atoms with van der Waals surface area (Å²) in [6.07, 6.45) is 0. The third kappa shape index (κ3) is 5.30. The fourth-order valence-corrected chi connectivity index (χ4v) is 2.63. The Labute approximate surface area is 162 Å². The molecule has 0 fully saturated rings. The van der Waals surface area contributed by atoms with E-state index in [1.165, 1.54) is 6.92 Å². The molecule has 0 bridgehead atoms. The number of rotatable bonds is 6. The third-order valence-electron chi connectivity index (χ3n) is 4.01. The van der Waals surface area contributed by atoms with Gasteiger partial charge < -0.3 is 15.5 Å². The molecule has 9 heteroatoms. The highest BCUT2D eigenvalue weighted by Gasteiger charge is 2.26. The van der Waals surface area contributed by atoms with Crippen LogP contribution in [0.1, 0.15) is 6.92 Å². The number of benzene rings is 2. The standard InChI is InChI=1S/C18H17BrF3N3O2/c1-10(18(27)24-14-8-7-12(20)16(21)17(14)22)25(2)9-15(26)23-13-6-4-3-5-11(13)19/h3-8,10H,9H2,1-2H3,(H,23,26)(H,24,27)/p+1/t10-/m0/s1. The predicted octanol–water partition coefficient (Wildman–Crippen LogP) is 2.35. The van der Waals surface area contributed by atoms with E-state index in [4.69, 9.17) is 0 Å². The molecule has 2 aromatic carbocycles. The molecule has 0 aliphatic carbocycles. The molecule has 2 amide bonds. The summed E-state index contributed by atoms with van der Waals surface area (Å²) in [7, 11) is 1.62. The highest BCUT2D eigenvalue weighted by Crippen LogP contribution is 2.21. The summed E-state index contributed by atoms with van der Waals surface area (Å²) in [6.45, 7) is 1.50. The number of nitrogens with one attached hydrogen (secondary N) is 3. The molecule has 0 radical (unpaired) electrons. The molecule has 2 aromatic rings. The van der Waals surface area contributed by atoms with Crippen molar-refractivity contribution in [2.24, 2.45) is 0 Å². The number of anilines is 2. The molecular formula is C18H18BrF3N3O2+. The molecule has 0 aliphatic heterocycles. The van der Waals surface area contributed by atoms with Crippen molar-refractivity contribution in [3.05, 3.63) is 58.3 Å². The highest BCUT2D eigenvalue weighted by molar-refractivity contribution is 9.10. The lowest BCUT2D eigenvalue weighted by atomic mass is 10.2. The van der Waals surface area contributed by atoms with Gasteiger partial charge in [0.15, 0.2) is 30.0 Å². The molecule has 0 heterocycles. The van der Waals surface area contributed by atoms with E-state index in [-0.39, 0.29) is 12.5 Å². The van der Waals surface area contributed by atoms with Crippen LogP contribution in [0, 0.1) is 17.5 Å². The van der Waals surface area contributed by atoms with Gasteiger partial charge in [-0.15, -0.1) is 0 Å². The summed E-state index contributed by atoms with van der Waals surface area (Å²) < 4.78 is 40.6. The average Bonchev–Trinajstić information content (AvgIpc) is 2.63. The van der Waals surface area contributed by atoms with Crippen molar-refractivity contribution in [1.82, 2.24) is 0 Å². The Balaban J connectivity index is 1.97. The number of hydrogen-bond donors (Lipinski definition) is 3. The van der Waals surface area contributed by atoms with Crippen molar-refractivity contribution in [3.63, 3.8) is 0 Å². The summed E-state index contributed by atoms with van der Waals surface area (Å²) in [5, 5.41) is 4.93. The molecule has 0 spiro atoms. The highest BCUT2D eigenvalue weighted by atomic mass is 79.9. The van der Waals surface area contributed by atoms with Gasteiger partial charge in [0.25, 0.3) is 11.8 Å². The van der Waals surface area contributed by atoms with Crippen molar-refractivity contribution in [1.29, 1.82) is 0 Å². The van der Waals surface area contributed by atoms with E-state index >= 15 is 0 Å². The molecule has 5 nitrogen and oxygen atoms in total. The number of para-hydroxylation sites is 1. The van der Waals surface area contributed by atoms with Crippen LogP contribution >= 0.6 is 15.9 Å². The second kappa shape index (κ2) is 9.01. The quantitative estimate of drug-likeness (QED) is 0.598. The molecule has 0 aromatic heterocycles. The molecule has 0 aliphatic rings. The molecule has 144 valence electrons. The summed E-state index contributed by atoms with van der Waals surface area (Å²) >= 11 is 3.32. The maximum atomic E-state index is 13.7. The molecule has 0 saturated carbocycles. The van der Waals surface area contributed by atoms with Crippen LogP contribution in [-0.2, 0) is 9.59 Å². The number of hydrogen-bond acceptors (Lipinski definition) is 2.